The van der Waals surface area contributed by atoms with Crippen LogP contribution in [0.15, 0.2) is 0 Å². The summed E-state index contributed by atoms with van der Waals surface area (Å²) < 4.78 is 14.8. The van der Waals surface area contributed by atoms with Crippen molar-refractivity contribution in [3.05, 3.63) is 0 Å². The van der Waals surface area contributed by atoms with Crippen molar-refractivity contribution in [2.75, 3.05) is 20.8 Å². The molecular formula is C13H23NO9. The molecule has 5 N–H and O–H groups in total. The maximum absolute atomic E-state index is 11.9. The van der Waals surface area contributed by atoms with E-state index in [-0.39, 0.29) is 6.54 Å². The van der Waals surface area contributed by atoms with Gasteiger partial charge in [-0.1, -0.05) is 0 Å². The minimum absolute atomic E-state index is 0.308. The van der Waals surface area contributed by atoms with Gasteiger partial charge in [0.2, 0.25) is 5.91 Å². The minimum Gasteiger partial charge on any atom is -0.465 e. The quantitative estimate of drug-likeness (QED) is 0.316. The lowest BCUT2D eigenvalue weighted by Gasteiger charge is -2.44. The van der Waals surface area contributed by atoms with Crippen LogP contribution in [0.5, 0.6) is 0 Å². The SMILES string of the molecule is COC(=O)[C@@]1(OC)C[C@H](O)[C@@H](O)[C@H]([C@H](O)[C@H](O)CNC(C)=O)O1. The van der Waals surface area contributed by atoms with Crippen molar-refractivity contribution < 1.29 is 44.2 Å². The molecule has 1 saturated heterocycles. The lowest BCUT2D eigenvalue weighted by molar-refractivity contribution is -0.320. The molecule has 23 heavy (non-hydrogen) atoms. The first-order chi connectivity index (χ1) is 10.7. The van der Waals surface area contributed by atoms with Crippen molar-refractivity contribution in [3.63, 3.8) is 0 Å². The summed E-state index contributed by atoms with van der Waals surface area (Å²) in [5.74, 6) is -3.41. The second-order valence-electron chi connectivity index (χ2n) is 5.29. The van der Waals surface area contributed by atoms with Crippen LogP contribution in [0.1, 0.15) is 13.3 Å². The van der Waals surface area contributed by atoms with Crippen LogP contribution in [0.4, 0.5) is 0 Å². The predicted octanol–water partition coefficient (Wildman–Crippen LogP) is -3.13. The molecule has 0 aromatic rings. The van der Waals surface area contributed by atoms with Crippen molar-refractivity contribution >= 4 is 11.9 Å². The van der Waals surface area contributed by atoms with Crippen LogP contribution in [-0.2, 0) is 23.8 Å². The molecule has 10 nitrogen and oxygen atoms in total. The van der Waals surface area contributed by atoms with Crippen LogP contribution in [0.2, 0.25) is 0 Å². The van der Waals surface area contributed by atoms with Gasteiger partial charge in [-0.3, -0.25) is 4.79 Å². The number of hydrogen-bond donors (Lipinski definition) is 5. The van der Waals surface area contributed by atoms with Crippen LogP contribution in [0.25, 0.3) is 0 Å². The van der Waals surface area contributed by atoms with Crippen molar-refractivity contribution in [3.8, 4) is 0 Å². The number of rotatable bonds is 6. The number of aliphatic hydroxyl groups excluding tert-OH is 4. The first-order valence-corrected chi connectivity index (χ1v) is 6.96. The Hall–Kier alpha value is -1.30. The third-order valence-corrected chi connectivity index (χ3v) is 3.65. The van der Waals surface area contributed by atoms with Crippen LogP contribution in [0.3, 0.4) is 0 Å². The molecule has 1 amide bonds. The molecule has 0 radical (unpaired) electrons. The smallest absolute Gasteiger partial charge is 0.366 e. The fourth-order valence-corrected chi connectivity index (χ4v) is 2.31. The zero-order valence-corrected chi connectivity index (χ0v) is 13.1. The van der Waals surface area contributed by atoms with Crippen molar-refractivity contribution in [2.45, 2.75) is 49.7 Å². The summed E-state index contributed by atoms with van der Waals surface area (Å²) in [5.41, 5.74) is 0. The summed E-state index contributed by atoms with van der Waals surface area (Å²) in [6.45, 7) is 0.916. The highest BCUT2D eigenvalue weighted by Crippen LogP contribution is 2.33. The average molecular weight is 337 g/mol. The van der Waals surface area contributed by atoms with Gasteiger partial charge in [-0.2, -0.15) is 0 Å². The van der Waals surface area contributed by atoms with Crippen LogP contribution >= 0.6 is 0 Å². The molecule has 0 unspecified atom stereocenters. The Morgan fingerprint density at radius 1 is 1.35 bits per heavy atom. The Labute approximate surface area is 133 Å². The van der Waals surface area contributed by atoms with Crippen LogP contribution < -0.4 is 5.32 Å². The van der Waals surface area contributed by atoms with E-state index in [1.807, 2.05) is 0 Å². The molecule has 0 saturated carbocycles. The second kappa shape index (κ2) is 7.99. The maximum Gasteiger partial charge on any atom is 0.366 e. The van der Waals surface area contributed by atoms with Gasteiger partial charge >= 0.3 is 5.97 Å². The summed E-state index contributed by atoms with van der Waals surface area (Å²) in [7, 11) is 2.22. The summed E-state index contributed by atoms with van der Waals surface area (Å²) in [4.78, 5) is 22.7. The molecular weight excluding hydrogens is 314 g/mol. The topological polar surface area (TPSA) is 155 Å². The fraction of sp³-hybridized carbons (Fsp3) is 0.846. The van der Waals surface area contributed by atoms with E-state index in [1.54, 1.807) is 0 Å². The third-order valence-electron chi connectivity index (χ3n) is 3.65. The Kier molecular flexibility index (Phi) is 6.86. The highest BCUT2D eigenvalue weighted by molar-refractivity contribution is 5.78. The zero-order valence-electron chi connectivity index (χ0n) is 13.1. The van der Waals surface area contributed by atoms with Crippen LogP contribution in [-0.4, -0.2) is 89.4 Å². The first kappa shape index (κ1) is 19.7. The van der Waals surface area contributed by atoms with Gasteiger partial charge in [0.25, 0.3) is 5.79 Å². The minimum atomic E-state index is -2.02. The van der Waals surface area contributed by atoms with E-state index in [1.165, 1.54) is 6.92 Å². The second-order valence-corrected chi connectivity index (χ2v) is 5.29. The monoisotopic (exact) mass is 337 g/mol. The van der Waals surface area contributed by atoms with E-state index < -0.39 is 54.6 Å². The van der Waals surface area contributed by atoms with E-state index in [2.05, 4.69) is 10.1 Å². The average Bonchev–Trinajstić information content (AvgIpc) is 2.53. The summed E-state index contributed by atoms with van der Waals surface area (Å²) in [6, 6.07) is 0. The molecule has 6 atom stereocenters. The van der Waals surface area contributed by atoms with E-state index in [9.17, 15) is 30.0 Å². The fourth-order valence-electron chi connectivity index (χ4n) is 2.31. The molecule has 0 spiro atoms. The number of esters is 1. The zero-order chi connectivity index (χ0) is 17.8. The lowest BCUT2D eigenvalue weighted by atomic mass is 9.90. The Morgan fingerprint density at radius 2 is 1.96 bits per heavy atom. The van der Waals surface area contributed by atoms with Crippen LogP contribution in [0, 0.1) is 0 Å². The van der Waals surface area contributed by atoms with Crippen molar-refractivity contribution in [2.24, 2.45) is 0 Å². The highest BCUT2D eigenvalue weighted by Gasteiger charge is 2.55. The number of carbonyl (C=O) groups excluding carboxylic acids is 2. The Bertz CT molecular complexity index is 432. The van der Waals surface area contributed by atoms with Gasteiger partial charge < -0.3 is 40.0 Å². The summed E-state index contributed by atoms with van der Waals surface area (Å²) in [5, 5.41) is 42.2. The molecule has 0 bridgehead atoms. The molecule has 1 aliphatic rings. The van der Waals surface area contributed by atoms with Gasteiger partial charge in [0.1, 0.15) is 18.3 Å². The number of ether oxygens (including phenoxy) is 3. The van der Waals surface area contributed by atoms with Gasteiger partial charge in [-0.15, -0.1) is 0 Å². The van der Waals surface area contributed by atoms with Crippen molar-refractivity contribution in [1.29, 1.82) is 0 Å². The molecule has 0 aromatic heterocycles. The van der Waals surface area contributed by atoms with E-state index in [4.69, 9.17) is 9.47 Å². The molecule has 134 valence electrons. The predicted molar refractivity (Wildman–Crippen MR) is 74.0 cm³/mol. The van der Waals surface area contributed by atoms with E-state index in [0.29, 0.717) is 0 Å². The standard InChI is InChI=1S/C13H23NO9/c1-6(15)14-5-8(17)10(19)11-9(18)7(16)4-13(22-3,23-11)12(20)21-2/h7-11,16-19H,4-5H2,1-3H3,(H,14,15)/t7-,8+,9+,10+,11+,13+/m0/s1. The van der Waals surface area contributed by atoms with Gasteiger partial charge in [0, 0.05) is 27.0 Å². The Morgan fingerprint density at radius 3 is 2.43 bits per heavy atom. The molecule has 1 fully saturated rings. The van der Waals surface area contributed by atoms with Gasteiger partial charge in [-0.05, 0) is 0 Å². The third kappa shape index (κ3) is 4.37. The van der Waals surface area contributed by atoms with E-state index >= 15 is 0 Å². The molecule has 1 aliphatic heterocycles. The molecule has 10 heteroatoms. The van der Waals surface area contributed by atoms with Gasteiger partial charge in [0.15, 0.2) is 0 Å². The van der Waals surface area contributed by atoms with E-state index in [0.717, 1.165) is 14.2 Å². The molecule has 0 aromatic carbocycles. The molecule has 1 rings (SSSR count). The number of hydrogen-bond acceptors (Lipinski definition) is 9. The number of aliphatic hydroxyl groups is 4. The number of carbonyl (C=O) groups is 2. The highest BCUT2D eigenvalue weighted by atomic mass is 16.7. The largest absolute Gasteiger partial charge is 0.465 e. The lowest BCUT2D eigenvalue weighted by Crippen LogP contribution is -2.64. The number of nitrogens with one attached hydrogen (secondary N) is 1. The molecule has 0 aliphatic carbocycles. The Balaban J connectivity index is 2.93. The maximum atomic E-state index is 11.9. The number of amides is 1. The van der Waals surface area contributed by atoms with Gasteiger partial charge in [0.05, 0.1) is 19.3 Å². The molecule has 1 heterocycles. The normalized spacial score (nSPS) is 33.6. The first-order valence-electron chi connectivity index (χ1n) is 6.96. The summed E-state index contributed by atoms with van der Waals surface area (Å²) >= 11 is 0. The van der Waals surface area contributed by atoms with Crippen molar-refractivity contribution in [1.82, 2.24) is 5.32 Å². The summed E-state index contributed by atoms with van der Waals surface area (Å²) in [6.07, 6.45) is -8.20. The number of methoxy groups -OCH3 is 2. The van der Waals surface area contributed by atoms with Gasteiger partial charge in [-0.25, -0.2) is 4.79 Å².